The Morgan fingerprint density at radius 2 is 2.20 bits per heavy atom. The number of fused-ring (bicyclic) bond motifs is 1. The first-order valence-corrected chi connectivity index (χ1v) is 6.58. The molecule has 1 N–H and O–H groups in total. The van der Waals surface area contributed by atoms with Gasteiger partial charge in [-0.2, -0.15) is 23.3 Å². The lowest BCUT2D eigenvalue weighted by Gasteiger charge is -2.38. The third-order valence-corrected chi connectivity index (χ3v) is 3.87. The third-order valence-electron chi connectivity index (χ3n) is 3.87. The maximum Gasteiger partial charge on any atom is 0.439 e. The number of hydrogen-bond acceptors (Lipinski definition) is 4. The predicted octanol–water partition coefficient (Wildman–Crippen LogP) is 2.50. The number of carbonyl (C=O) groups is 1. The Bertz CT molecular complexity index is 438. The van der Waals surface area contributed by atoms with Gasteiger partial charge in [0.15, 0.2) is 0 Å². The normalized spacial score (nSPS) is 33.7. The molecule has 0 spiro atoms. The van der Waals surface area contributed by atoms with Crippen LogP contribution in [0.25, 0.3) is 0 Å². The second-order valence-corrected chi connectivity index (χ2v) is 5.14. The first-order valence-electron chi connectivity index (χ1n) is 6.58. The number of halogens is 3. The monoisotopic (exact) mass is 294 g/mol. The number of carbonyl (C=O) groups excluding carboxylic acids is 1. The molecular formula is C12H17F3N2O3. The van der Waals surface area contributed by atoms with Crippen LogP contribution in [0.1, 0.15) is 33.1 Å². The summed E-state index contributed by atoms with van der Waals surface area (Å²) in [6.45, 7) is 3.13. The van der Waals surface area contributed by atoms with Crippen LogP contribution in [-0.2, 0) is 4.74 Å². The number of alkyl halides is 3. The number of aliphatic hydroxyl groups is 1. The summed E-state index contributed by atoms with van der Waals surface area (Å²) < 4.78 is 44.5. The molecule has 0 saturated heterocycles. The van der Waals surface area contributed by atoms with E-state index in [1.807, 2.05) is 0 Å². The molecule has 1 fully saturated rings. The van der Waals surface area contributed by atoms with Crippen molar-refractivity contribution in [2.75, 3.05) is 6.61 Å². The molecule has 2 rings (SSSR count). The molecule has 114 valence electrons. The highest BCUT2D eigenvalue weighted by atomic mass is 19.4. The van der Waals surface area contributed by atoms with Crippen molar-refractivity contribution < 1.29 is 27.8 Å². The highest BCUT2D eigenvalue weighted by molar-refractivity contribution is 5.93. The highest BCUT2D eigenvalue weighted by Gasteiger charge is 2.69. The summed E-state index contributed by atoms with van der Waals surface area (Å²) in [6.07, 6.45) is -4.87. The standard InChI is InChI=1S/C12H17F3N2O3/c1-3-20-10(18)17-11(19,12(13,14)15)8-6-4-5-7(2)9(8)16-17/h7-8,19H,3-6H2,1-2H3/t7-,8+,11-/m1/s1. The van der Waals surface area contributed by atoms with Crippen molar-refractivity contribution in [3.8, 4) is 0 Å². The highest BCUT2D eigenvalue weighted by Crippen LogP contribution is 2.49. The Kier molecular flexibility index (Phi) is 3.70. The lowest BCUT2D eigenvalue weighted by Crippen LogP contribution is -2.61. The Balaban J connectivity index is 2.44. The zero-order valence-corrected chi connectivity index (χ0v) is 11.3. The van der Waals surface area contributed by atoms with Gasteiger partial charge in [0.25, 0.3) is 5.72 Å². The Morgan fingerprint density at radius 1 is 1.55 bits per heavy atom. The van der Waals surface area contributed by atoms with Gasteiger partial charge in [-0.15, -0.1) is 0 Å². The summed E-state index contributed by atoms with van der Waals surface area (Å²) in [5.41, 5.74) is -3.08. The fourth-order valence-corrected chi connectivity index (χ4v) is 2.86. The van der Waals surface area contributed by atoms with Crippen LogP contribution in [0, 0.1) is 11.8 Å². The first-order chi connectivity index (χ1) is 9.23. The van der Waals surface area contributed by atoms with Gasteiger partial charge in [-0.05, 0) is 25.7 Å². The second-order valence-electron chi connectivity index (χ2n) is 5.14. The summed E-state index contributed by atoms with van der Waals surface area (Å²) in [5, 5.41) is 14.0. The Labute approximate surface area is 114 Å². The maximum atomic E-state index is 13.3. The predicted molar refractivity (Wildman–Crippen MR) is 63.8 cm³/mol. The van der Waals surface area contributed by atoms with Crippen LogP contribution in [0.3, 0.4) is 0 Å². The van der Waals surface area contributed by atoms with E-state index in [0.717, 1.165) is 0 Å². The number of nitrogens with zero attached hydrogens (tertiary/aromatic N) is 2. The average molecular weight is 294 g/mol. The topological polar surface area (TPSA) is 62.1 Å². The van der Waals surface area contributed by atoms with Gasteiger partial charge in [0.2, 0.25) is 0 Å². The molecule has 1 aliphatic heterocycles. The van der Waals surface area contributed by atoms with E-state index in [-0.39, 0.29) is 29.7 Å². The van der Waals surface area contributed by atoms with Crippen molar-refractivity contribution >= 4 is 11.8 Å². The van der Waals surface area contributed by atoms with Crippen LogP contribution in [0.4, 0.5) is 18.0 Å². The van der Waals surface area contributed by atoms with E-state index in [1.165, 1.54) is 6.92 Å². The molecule has 3 atom stereocenters. The van der Waals surface area contributed by atoms with E-state index in [4.69, 9.17) is 0 Å². The lowest BCUT2D eigenvalue weighted by atomic mass is 9.75. The molecule has 1 heterocycles. The van der Waals surface area contributed by atoms with Gasteiger partial charge < -0.3 is 9.84 Å². The number of rotatable bonds is 1. The molecule has 0 aromatic heterocycles. The first kappa shape index (κ1) is 15.1. The summed E-state index contributed by atoms with van der Waals surface area (Å²) >= 11 is 0. The van der Waals surface area contributed by atoms with Crippen molar-refractivity contribution in [1.82, 2.24) is 5.01 Å². The van der Waals surface area contributed by atoms with Crippen LogP contribution < -0.4 is 0 Å². The zero-order valence-electron chi connectivity index (χ0n) is 11.3. The average Bonchev–Trinajstić information content (AvgIpc) is 2.66. The van der Waals surface area contributed by atoms with Crippen LogP contribution in [-0.4, -0.2) is 40.4 Å². The van der Waals surface area contributed by atoms with Gasteiger partial charge >= 0.3 is 12.3 Å². The van der Waals surface area contributed by atoms with Crippen LogP contribution >= 0.6 is 0 Å². The molecule has 5 nitrogen and oxygen atoms in total. The van der Waals surface area contributed by atoms with Crippen molar-refractivity contribution in [3.05, 3.63) is 0 Å². The summed E-state index contributed by atoms with van der Waals surface area (Å²) in [7, 11) is 0. The quantitative estimate of drug-likeness (QED) is 0.808. The third kappa shape index (κ3) is 2.06. The molecule has 0 unspecified atom stereocenters. The minimum atomic E-state index is -4.99. The molecular weight excluding hydrogens is 277 g/mol. The molecule has 2 aliphatic rings. The number of ether oxygens (including phenoxy) is 1. The molecule has 0 bridgehead atoms. The van der Waals surface area contributed by atoms with Gasteiger partial charge in [0.05, 0.1) is 12.5 Å². The molecule has 20 heavy (non-hydrogen) atoms. The molecule has 0 aromatic carbocycles. The van der Waals surface area contributed by atoms with E-state index >= 15 is 0 Å². The minimum Gasteiger partial charge on any atom is -0.448 e. The van der Waals surface area contributed by atoms with Crippen molar-refractivity contribution in [2.24, 2.45) is 16.9 Å². The van der Waals surface area contributed by atoms with Crippen LogP contribution in [0.5, 0.6) is 0 Å². The second kappa shape index (κ2) is 4.91. The van der Waals surface area contributed by atoms with Gasteiger partial charge in [0, 0.05) is 5.71 Å². The van der Waals surface area contributed by atoms with Crippen molar-refractivity contribution in [1.29, 1.82) is 0 Å². The number of amides is 1. The van der Waals surface area contributed by atoms with E-state index < -0.39 is 23.9 Å². The summed E-state index contributed by atoms with van der Waals surface area (Å²) in [5.74, 6) is -1.40. The SMILES string of the molecule is CCOC(=O)N1N=C2[C@H](C)CCC[C@@H]2[C@@]1(O)C(F)(F)F. The number of hydrazone groups is 1. The maximum absolute atomic E-state index is 13.3. The largest absolute Gasteiger partial charge is 0.448 e. The molecule has 1 saturated carbocycles. The molecule has 1 amide bonds. The van der Waals surface area contributed by atoms with E-state index in [2.05, 4.69) is 9.84 Å². The smallest absolute Gasteiger partial charge is 0.439 e. The van der Waals surface area contributed by atoms with Gasteiger partial charge in [-0.3, -0.25) is 0 Å². The van der Waals surface area contributed by atoms with Crippen molar-refractivity contribution in [3.63, 3.8) is 0 Å². The van der Waals surface area contributed by atoms with Crippen molar-refractivity contribution in [2.45, 2.75) is 45.0 Å². The summed E-state index contributed by atoms with van der Waals surface area (Å²) in [4.78, 5) is 11.7. The fraction of sp³-hybridized carbons (Fsp3) is 0.833. The van der Waals surface area contributed by atoms with Gasteiger partial charge in [-0.25, -0.2) is 4.79 Å². The Hall–Kier alpha value is -1.31. The van der Waals surface area contributed by atoms with Gasteiger partial charge in [0.1, 0.15) is 0 Å². The number of hydrogen-bond donors (Lipinski definition) is 1. The van der Waals surface area contributed by atoms with E-state index in [0.29, 0.717) is 12.8 Å². The Morgan fingerprint density at radius 3 is 2.75 bits per heavy atom. The van der Waals surface area contributed by atoms with Gasteiger partial charge in [-0.1, -0.05) is 13.3 Å². The van der Waals surface area contributed by atoms with Crippen LogP contribution in [0.15, 0.2) is 5.10 Å². The molecule has 0 radical (unpaired) electrons. The fourth-order valence-electron chi connectivity index (χ4n) is 2.86. The summed E-state index contributed by atoms with van der Waals surface area (Å²) in [6, 6.07) is 0. The molecule has 0 aromatic rings. The van der Waals surface area contributed by atoms with E-state index in [9.17, 15) is 23.1 Å². The molecule has 8 heteroatoms. The zero-order chi connectivity index (χ0) is 15.1. The lowest BCUT2D eigenvalue weighted by molar-refractivity contribution is -0.315. The molecule has 1 aliphatic carbocycles. The minimum absolute atomic E-state index is 0.0678. The van der Waals surface area contributed by atoms with Crippen LogP contribution in [0.2, 0.25) is 0 Å². The van der Waals surface area contributed by atoms with E-state index in [1.54, 1.807) is 6.92 Å².